The zero-order valence-corrected chi connectivity index (χ0v) is 19.3. The van der Waals surface area contributed by atoms with Crippen LogP contribution in [0.3, 0.4) is 0 Å². The van der Waals surface area contributed by atoms with Gasteiger partial charge in [0, 0.05) is 13.0 Å². The molecule has 1 aliphatic carbocycles. The molecule has 0 bridgehead atoms. The van der Waals surface area contributed by atoms with Crippen molar-refractivity contribution in [3.05, 3.63) is 65.2 Å². The molecule has 2 aromatic carbocycles. The molecule has 1 N–H and O–H groups in total. The lowest BCUT2D eigenvalue weighted by Gasteiger charge is -2.23. The van der Waals surface area contributed by atoms with E-state index in [9.17, 15) is 18.4 Å². The van der Waals surface area contributed by atoms with Crippen LogP contribution in [-0.2, 0) is 22.7 Å². The summed E-state index contributed by atoms with van der Waals surface area (Å²) < 4.78 is 29.8. The van der Waals surface area contributed by atoms with Crippen molar-refractivity contribution >= 4 is 11.8 Å². The van der Waals surface area contributed by atoms with E-state index < -0.39 is 24.0 Å². The van der Waals surface area contributed by atoms with Crippen molar-refractivity contribution in [1.29, 1.82) is 0 Å². The highest BCUT2D eigenvalue weighted by Crippen LogP contribution is 2.42. The molecule has 8 nitrogen and oxygen atoms in total. The van der Waals surface area contributed by atoms with E-state index in [2.05, 4.69) is 20.8 Å². The first kappa shape index (κ1) is 23.1. The molecule has 2 atom stereocenters. The van der Waals surface area contributed by atoms with Crippen LogP contribution in [-0.4, -0.2) is 55.7 Å². The van der Waals surface area contributed by atoms with Gasteiger partial charge in [-0.2, -0.15) is 0 Å². The number of aromatic nitrogens is 4. The fraction of sp³-hybridized carbons (Fsp3) is 0.400. The predicted molar refractivity (Wildman–Crippen MR) is 123 cm³/mol. The van der Waals surface area contributed by atoms with Gasteiger partial charge in [-0.1, -0.05) is 36.4 Å². The number of aryl methyl sites for hydroxylation is 1. The van der Waals surface area contributed by atoms with E-state index in [1.165, 1.54) is 9.58 Å². The van der Waals surface area contributed by atoms with Gasteiger partial charge in [-0.05, 0) is 64.4 Å². The van der Waals surface area contributed by atoms with Gasteiger partial charge in [0.1, 0.15) is 30.4 Å². The Hall–Kier alpha value is -3.69. The Kier molecular flexibility index (Phi) is 6.27. The van der Waals surface area contributed by atoms with E-state index in [0.717, 1.165) is 35.1 Å². The van der Waals surface area contributed by atoms with E-state index in [-0.39, 0.29) is 31.9 Å². The third kappa shape index (κ3) is 5.06. The molecule has 1 aliphatic heterocycles. The number of tetrazole rings is 1. The molecular formula is C25H26F2N6O2. The number of hydrogen-bond acceptors (Lipinski definition) is 5. The Labute approximate surface area is 201 Å². The minimum Gasteiger partial charge on any atom is -0.350 e. The van der Waals surface area contributed by atoms with Crippen LogP contribution < -0.4 is 5.32 Å². The van der Waals surface area contributed by atoms with Gasteiger partial charge in [0.05, 0.1) is 6.54 Å². The summed E-state index contributed by atoms with van der Waals surface area (Å²) in [5.74, 6) is -0.171. The maximum absolute atomic E-state index is 14.4. The minimum atomic E-state index is -1.27. The van der Waals surface area contributed by atoms with Crippen LogP contribution in [0.25, 0.3) is 11.1 Å². The predicted octanol–water partition coefficient (Wildman–Crippen LogP) is 2.92. The van der Waals surface area contributed by atoms with Crippen molar-refractivity contribution in [3.8, 4) is 11.1 Å². The Bertz CT molecular complexity index is 1240. The number of carbonyl (C=O) groups excluding carboxylic acids is 2. The van der Waals surface area contributed by atoms with E-state index >= 15 is 0 Å². The second-order valence-corrected chi connectivity index (χ2v) is 9.20. The van der Waals surface area contributed by atoms with Crippen LogP contribution in [0.15, 0.2) is 42.5 Å². The Morgan fingerprint density at radius 1 is 1.11 bits per heavy atom. The van der Waals surface area contributed by atoms with Gasteiger partial charge in [0.15, 0.2) is 0 Å². The van der Waals surface area contributed by atoms with Crippen molar-refractivity contribution in [3.63, 3.8) is 0 Å². The number of benzene rings is 2. The molecule has 0 spiro atoms. The average Bonchev–Trinajstić information content (AvgIpc) is 3.50. The number of alkyl halides is 1. The second kappa shape index (κ2) is 9.52. The first-order chi connectivity index (χ1) is 16.9. The summed E-state index contributed by atoms with van der Waals surface area (Å²) in [6.07, 6.45) is 0.784. The number of carbonyl (C=O) groups is 2. The number of hydrogen-bond donors (Lipinski definition) is 1. The molecule has 2 heterocycles. The fourth-order valence-corrected chi connectivity index (χ4v) is 4.48. The van der Waals surface area contributed by atoms with Crippen LogP contribution in [0.4, 0.5) is 8.78 Å². The lowest BCUT2D eigenvalue weighted by molar-refractivity contribution is -0.139. The highest BCUT2D eigenvalue weighted by molar-refractivity contribution is 5.88. The van der Waals surface area contributed by atoms with E-state index in [1.807, 2.05) is 36.4 Å². The van der Waals surface area contributed by atoms with Crippen LogP contribution in [0.1, 0.15) is 42.1 Å². The molecule has 2 fully saturated rings. The first-order valence-electron chi connectivity index (χ1n) is 11.7. The number of amides is 2. The molecule has 5 rings (SSSR count). The monoisotopic (exact) mass is 480 g/mol. The highest BCUT2D eigenvalue weighted by atomic mass is 19.1. The van der Waals surface area contributed by atoms with Gasteiger partial charge < -0.3 is 10.2 Å². The number of nitrogens with zero attached hydrogens (tertiary/aromatic N) is 5. The zero-order valence-electron chi connectivity index (χ0n) is 19.3. The number of nitrogens with one attached hydrogen (secondary N) is 1. The normalized spacial score (nSPS) is 19.7. The van der Waals surface area contributed by atoms with Crippen LogP contribution in [0, 0.1) is 12.7 Å². The summed E-state index contributed by atoms with van der Waals surface area (Å²) in [7, 11) is 0. The molecule has 35 heavy (non-hydrogen) atoms. The van der Waals surface area contributed by atoms with Crippen LogP contribution >= 0.6 is 0 Å². The summed E-state index contributed by atoms with van der Waals surface area (Å²) in [4.78, 5) is 26.8. The highest BCUT2D eigenvalue weighted by Gasteiger charge is 2.39. The maximum Gasteiger partial charge on any atom is 0.245 e. The van der Waals surface area contributed by atoms with Gasteiger partial charge in [-0.25, -0.2) is 13.5 Å². The molecule has 0 radical (unpaired) electrons. The third-order valence-electron chi connectivity index (χ3n) is 6.64. The standard InChI is InChI=1S/C25H26F2N6O2/c1-15-29-30-31-33(15)14-24(34)32-13-20(26)11-23(32)25(35)28-12-16-2-4-17(5-3-16)19-8-9-21(18-6-7-18)22(27)10-19/h2-5,8-10,18,20,23H,6-7,11-14H2,1H3,(H,28,35). The van der Waals surface area contributed by atoms with Crippen molar-refractivity contribution in [2.75, 3.05) is 6.54 Å². The van der Waals surface area contributed by atoms with Gasteiger partial charge >= 0.3 is 0 Å². The zero-order chi connectivity index (χ0) is 24.5. The number of halogens is 2. The molecule has 182 valence electrons. The van der Waals surface area contributed by atoms with E-state index in [0.29, 0.717) is 11.7 Å². The molecular weight excluding hydrogens is 454 g/mol. The summed E-state index contributed by atoms with van der Waals surface area (Å²) >= 11 is 0. The molecule has 1 saturated heterocycles. The number of rotatable bonds is 7. The first-order valence-corrected chi connectivity index (χ1v) is 11.7. The quantitative estimate of drug-likeness (QED) is 0.561. The topological polar surface area (TPSA) is 93.0 Å². The smallest absolute Gasteiger partial charge is 0.245 e. The largest absolute Gasteiger partial charge is 0.350 e. The van der Waals surface area contributed by atoms with E-state index in [1.54, 1.807) is 13.0 Å². The lowest BCUT2D eigenvalue weighted by atomic mass is 10.0. The molecule has 10 heteroatoms. The summed E-state index contributed by atoms with van der Waals surface area (Å²) in [5.41, 5.74) is 3.31. The van der Waals surface area contributed by atoms with Crippen molar-refractivity contribution < 1.29 is 18.4 Å². The molecule has 2 aliphatic rings. The minimum absolute atomic E-state index is 0.0481. The summed E-state index contributed by atoms with van der Waals surface area (Å²) in [6.45, 7) is 1.60. The summed E-state index contributed by atoms with van der Waals surface area (Å²) in [6, 6.07) is 12.0. The lowest BCUT2D eigenvalue weighted by Crippen LogP contribution is -2.46. The fourth-order valence-electron chi connectivity index (χ4n) is 4.48. The van der Waals surface area contributed by atoms with Crippen molar-refractivity contribution in [2.24, 2.45) is 0 Å². The van der Waals surface area contributed by atoms with Gasteiger partial charge in [0.25, 0.3) is 0 Å². The Balaban J connectivity index is 1.19. The van der Waals surface area contributed by atoms with Gasteiger partial charge in [-0.3, -0.25) is 9.59 Å². The number of likely N-dealkylation sites (tertiary alicyclic amines) is 1. The molecule has 3 aromatic rings. The second-order valence-electron chi connectivity index (χ2n) is 9.20. The van der Waals surface area contributed by atoms with Crippen molar-refractivity contribution in [1.82, 2.24) is 30.4 Å². The maximum atomic E-state index is 14.4. The van der Waals surface area contributed by atoms with Crippen LogP contribution in [0.2, 0.25) is 0 Å². The van der Waals surface area contributed by atoms with E-state index in [4.69, 9.17) is 0 Å². The Morgan fingerprint density at radius 3 is 2.51 bits per heavy atom. The SMILES string of the molecule is Cc1nnnn1CC(=O)N1CC(F)CC1C(=O)NCc1ccc(-c2ccc(C3CC3)c(F)c2)cc1. The summed E-state index contributed by atoms with van der Waals surface area (Å²) in [5, 5.41) is 13.8. The Morgan fingerprint density at radius 2 is 1.86 bits per heavy atom. The van der Waals surface area contributed by atoms with Crippen molar-refractivity contribution in [2.45, 2.75) is 57.4 Å². The van der Waals surface area contributed by atoms with Gasteiger partial charge in [-0.15, -0.1) is 5.10 Å². The third-order valence-corrected chi connectivity index (χ3v) is 6.64. The molecule has 1 saturated carbocycles. The van der Waals surface area contributed by atoms with Gasteiger partial charge in [0.2, 0.25) is 11.8 Å². The molecule has 2 amide bonds. The average molecular weight is 481 g/mol. The van der Waals surface area contributed by atoms with Crippen LogP contribution in [0.5, 0.6) is 0 Å². The molecule has 2 unspecified atom stereocenters. The molecule has 1 aromatic heterocycles.